The van der Waals surface area contributed by atoms with Gasteiger partial charge in [0.25, 0.3) is 5.91 Å². The molecule has 0 fully saturated rings. The third-order valence-electron chi connectivity index (χ3n) is 4.89. The third-order valence-corrected chi connectivity index (χ3v) is 4.89. The predicted molar refractivity (Wildman–Crippen MR) is 102 cm³/mol. The molecule has 174 valence electrons. The van der Waals surface area contributed by atoms with Crippen LogP contribution in [0.2, 0.25) is 0 Å². The first-order valence-corrected chi connectivity index (χ1v) is 9.42. The van der Waals surface area contributed by atoms with Crippen molar-refractivity contribution in [2.24, 2.45) is 0 Å². The van der Waals surface area contributed by atoms with Gasteiger partial charge in [0, 0.05) is 13.6 Å². The van der Waals surface area contributed by atoms with E-state index in [0.717, 1.165) is 23.1 Å². The van der Waals surface area contributed by atoms with Crippen LogP contribution < -0.4 is 9.47 Å². The first kappa shape index (κ1) is 22.5. The van der Waals surface area contributed by atoms with Crippen LogP contribution in [0.25, 0.3) is 5.69 Å². The lowest BCUT2D eigenvalue weighted by Gasteiger charge is -2.19. The Morgan fingerprint density at radius 2 is 1.76 bits per heavy atom. The Balaban J connectivity index is 1.67. The Kier molecular flexibility index (Phi) is 5.46. The largest absolute Gasteiger partial charge is 0.454 e. The summed E-state index contributed by atoms with van der Waals surface area (Å²) in [7, 11) is 1.30. The number of alkyl halides is 6. The summed E-state index contributed by atoms with van der Waals surface area (Å²) in [6.07, 6.45) is -9.12. The van der Waals surface area contributed by atoms with Crippen LogP contribution in [0, 0.1) is 0 Å². The van der Waals surface area contributed by atoms with Gasteiger partial charge in [-0.15, -0.1) is 0 Å². The molecule has 2 aromatic carbocycles. The van der Waals surface area contributed by atoms with Crippen LogP contribution in [0.4, 0.5) is 26.3 Å². The van der Waals surface area contributed by atoms with Crippen molar-refractivity contribution in [1.29, 1.82) is 0 Å². The van der Waals surface area contributed by atoms with Gasteiger partial charge in [0.15, 0.2) is 17.2 Å². The maximum absolute atomic E-state index is 13.9. The number of rotatable bonds is 4. The number of carbonyl (C=O) groups is 1. The quantitative estimate of drug-likeness (QED) is 0.508. The summed E-state index contributed by atoms with van der Waals surface area (Å²) in [4.78, 5) is 13.9. The van der Waals surface area contributed by atoms with E-state index < -0.39 is 40.8 Å². The zero-order chi connectivity index (χ0) is 24.0. The van der Waals surface area contributed by atoms with Gasteiger partial charge in [0.2, 0.25) is 6.79 Å². The van der Waals surface area contributed by atoms with E-state index in [2.05, 4.69) is 5.10 Å². The van der Waals surface area contributed by atoms with E-state index >= 15 is 0 Å². The van der Waals surface area contributed by atoms with Crippen molar-refractivity contribution in [3.63, 3.8) is 0 Å². The molecule has 3 aromatic rings. The molecule has 1 aliphatic rings. The molecule has 1 amide bonds. The number of halogens is 6. The van der Waals surface area contributed by atoms with Crippen molar-refractivity contribution >= 4 is 5.91 Å². The van der Waals surface area contributed by atoms with Gasteiger partial charge in [0.1, 0.15) is 0 Å². The van der Waals surface area contributed by atoms with E-state index in [1.54, 1.807) is 18.2 Å². The molecule has 1 aliphatic heterocycles. The fraction of sp³-hybridized carbons (Fsp3) is 0.238. The lowest BCUT2D eigenvalue weighted by Crippen LogP contribution is -2.28. The number of nitrogens with zero attached hydrogens (tertiary/aromatic N) is 3. The number of amides is 1. The van der Waals surface area contributed by atoms with Crippen molar-refractivity contribution in [3.05, 3.63) is 71.0 Å². The fourth-order valence-corrected chi connectivity index (χ4v) is 3.38. The van der Waals surface area contributed by atoms with Gasteiger partial charge in [-0.3, -0.25) is 4.79 Å². The monoisotopic (exact) mass is 471 g/mol. The average molecular weight is 471 g/mol. The highest BCUT2D eigenvalue weighted by Gasteiger charge is 2.41. The third kappa shape index (κ3) is 4.45. The van der Waals surface area contributed by atoms with E-state index in [-0.39, 0.29) is 18.0 Å². The molecule has 2 heterocycles. The molecule has 0 bridgehead atoms. The predicted octanol–water partition coefficient (Wildman–Crippen LogP) is 4.91. The molecule has 6 nitrogen and oxygen atoms in total. The molecule has 0 saturated heterocycles. The highest BCUT2D eigenvalue weighted by Crippen LogP contribution is 2.36. The number of hydrogen-bond donors (Lipinski definition) is 0. The zero-order valence-electron chi connectivity index (χ0n) is 16.9. The highest BCUT2D eigenvalue weighted by atomic mass is 19.4. The topological polar surface area (TPSA) is 56.6 Å². The van der Waals surface area contributed by atoms with Crippen LogP contribution in [0.5, 0.6) is 11.5 Å². The molecule has 0 saturated carbocycles. The van der Waals surface area contributed by atoms with Crippen LogP contribution in [0.1, 0.15) is 27.2 Å². The van der Waals surface area contributed by atoms with E-state index in [1.807, 2.05) is 0 Å². The molecule has 4 rings (SSSR count). The minimum Gasteiger partial charge on any atom is -0.454 e. The van der Waals surface area contributed by atoms with Gasteiger partial charge in [0.05, 0.1) is 23.0 Å². The van der Waals surface area contributed by atoms with Crippen LogP contribution in [0.3, 0.4) is 0 Å². The highest BCUT2D eigenvalue weighted by molar-refractivity contribution is 5.95. The summed E-state index contributed by atoms with van der Waals surface area (Å²) in [5, 5.41) is 3.58. The molecule has 0 aliphatic carbocycles. The van der Waals surface area contributed by atoms with Gasteiger partial charge in [-0.2, -0.15) is 31.4 Å². The van der Waals surface area contributed by atoms with Gasteiger partial charge in [-0.1, -0.05) is 12.1 Å². The molecule has 0 unspecified atom stereocenters. The van der Waals surface area contributed by atoms with E-state index in [0.29, 0.717) is 29.3 Å². The summed E-state index contributed by atoms with van der Waals surface area (Å²) >= 11 is 0. The Morgan fingerprint density at radius 3 is 2.45 bits per heavy atom. The SMILES string of the molecule is CN(Cc1ccc2c(c1)OCO2)C(=O)c1cnn(-c2cccc(C(F)(F)F)c2)c1C(F)(F)F. The first-order valence-electron chi connectivity index (χ1n) is 9.42. The van der Waals surface area contributed by atoms with Gasteiger partial charge < -0.3 is 14.4 Å². The number of hydrogen-bond acceptors (Lipinski definition) is 4. The molecule has 0 spiro atoms. The molecular weight excluding hydrogens is 456 g/mol. The molecule has 12 heteroatoms. The average Bonchev–Trinajstić information content (AvgIpc) is 3.39. The second-order valence-electron chi connectivity index (χ2n) is 7.21. The maximum atomic E-state index is 13.9. The molecule has 0 radical (unpaired) electrons. The minimum atomic E-state index is -5.06. The zero-order valence-corrected chi connectivity index (χ0v) is 16.9. The molecule has 33 heavy (non-hydrogen) atoms. The summed E-state index contributed by atoms with van der Waals surface area (Å²) < 4.78 is 91.4. The standard InChI is InChI=1S/C21H15F6N3O3/c1-29(10-12-5-6-16-17(7-12)33-11-32-16)19(31)15-9-28-30(18(15)21(25,26)27)14-4-2-3-13(8-14)20(22,23)24/h2-9H,10-11H2,1H3. The Labute approximate surface area is 182 Å². The lowest BCUT2D eigenvalue weighted by atomic mass is 10.1. The smallest absolute Gasteiger partial charge is 0.434 e. The van der Waals surface area contributed by atoms with Crippen molar-refractivity contribution in [3.8, 4) is 17.2 Å². The van der Waals surface area contributed by atoms with E-state index in [4.69, 9.17) is 9.47 Å². The van der Waals surface area contributed by atoms with E-state index in [9.17, 15) is 31.1 Å². The fourth-order valence-electron chi connectivity index (χ4n) is 3.38. The van der Waals surface area contributed by atoms with Crippen molar-refractivity contribution < 1.29 is 40.6 Å². The van der Waals surface area contributed by atoms with Crippen LogP contribution in [-0.4, -0.2) is 34.4 Å². The molecule has 0 N–H and O–H groups in total. The normalized spacial score (nSPS) is 13.3. The van der Waals surface area contributed by atoms with Crippen LogP contribution in [-0.2, 0) is 18.9 Å². The number of fused-ring (bicyclic) bond motifs is 1. The number of aromatic nitrogens is 2. The Bertz CT molecular complexity index is 1200. The second-order valence-corrected chi connectivity index (χ2v) is 7.21. The number of ether oxygens (including phenoxy) is 2. The maximum Gasteiger partial charge on any atom is 0.434 e. The number of carbonyl (C=O) groups excluding carboxylic acids is 1. The van der Waals surface area contributed by atoms with Gasteiger partial charge >= 0.3 is 12.4 Å². The minimum absolute atomic E-state index is 0.0389. The summed E-state index contributed by atoms with van der Waals surface area (Å²) in [5.74, 6) is -0.0469. The van der Waals surface area contributed by atoms with E-state index in [1.165, 1.54) is 7.05 Å². The van der Waals surface area contributed by atoms with Crippen molar-refractivity contribution in [2.45, 2.75) is 18.9 Å². The Hall–Kier alpha value is -3.70. The second kappa shape index (κ2) is 8.01. The Morgan fingerprint density at radius 1 is 1.03 bits per heavy atom. The summed E-state index contributed by atoms with van der Waals surface area (Å²) in [6, 6.07) is 8.12. The summed E-state index contributed by atoms with van der Waals surface area (Å²) in [5.41, 5.74) is -3.30. The summed E-state index contributed by atoms with van der Waals surface area (Å²) in [6.45, 7) is -0.0151. The lowest BCUT2D eigenvalue weighted by molar-refractivity contribution is -0.143. The molecule has 0 atom stereocenters. The molecular formula is C21H15F6N3O3. The van der Waals surface area contributed by atoms with Crippen LogP contribution in [0.15, 0.2) is 48.7 Å². The first-order chi connectivity index (χ1) is 15.4. The van der Waals surface area contributed by atoms with Crippen molar-refractivity contribution in [1.82, 2.24) is 14.7 Å². The molecule has 1 aromatic heterocycles. The van der Waals surface area contributed by atoms with Gasteiger partial charge in [-0.25, -0.2) is 4.68 Å². The van der Waals surface area contributed by atoms with Crippen LogP contribution >= 0.6 is 0 Å². The van der Waals surface area contributed by atoms with Gasteiger partial charge in [-0.05, 0) is 35.9 Å². The number of benzene rings is 2. The van der Waals surface area contributed by atoms with Crippen molar-refractivity contribution in [2.75, 3.05) is 13.8 Å².